The summed E-state index contributed by atoms with van der Waals surface area (Å²) in [7, 11) is 0. The molecule has 3 saturated carbocycles. The van der Waals surface area contributed by atoms with E-state index in [0.29, 0.717) is 0 Å². The molecule has 0 N–H and O–H groups in total. The van der Waals surface area contributed by atoms with E-state index in [1.54, 1.807) is 12.8 Å². The molecule has 0 heterocycles. The van der Waals surface area contributed by atoms with Crippen molar-refractivity contribution >= 4 is 0 Å². The van der Waals surface area contributed by atoms with Gasteiger partial charge >= 0.3 is 0 Å². The summed E-state index contributed by atoms with van der Waals surface area (Å²) in [5.74, 6) is 9.46. The van der Waals surface area contributed by atoms with Crippen LogP contribution in [0.2, 0.25) is 0 Å². The number of fused-ring (bicyclic) bond motifs is 1. The predicted octanol–water partition coefficient (Wildman–Crippen LogP) is 4.84. The minimum absolute atomic E-state index is 0.912. The fourth-order valence-corrected chi connectivity index (χ4v) is 5.68. The van der Waals surface area contributed by atoms with Gasteiger partial charge in [0.1, 0.15) is 0 Å². The molecule has 3 fully saturated rings. The second-order valence-electron chi connectivity index (χ2n) is 8.00. The number of hydrogen-bond donors (Lipinski definition) is 0. The minimum atomic E-state index is 0.912. The average Bonchev–Trinajstić information content (AvgIpc) is 2.21. The van der Waals surface area contributed by atoms with Gasteiger partial charge in [0, 0.05) is 0 Å². The fraction of sp³-hybridized carbons (Fsp3) is 1.00. The van der Waals surface area contributed by atoms with Crippen LogP contribution in [-0.4, -0.2) is 0 Å². The van der Waals surface area contributed by atoms with Gasteiger partial charge in [0.15, 0.2) is 0 Å². The second kappa shape index (κ2) is 4.00. The van der Waals surface area contributed by atoms with E-state index in [0.717, 1.165) is 53.3 Å². The third-order valence-electron chi connectivity index (χ3n) is 6.95. The Bertz CT molecular complexity index is 292. The summed E-state index contributed by atoms with van der Waals surface area (Å²) in [4.78, 5) is 0. The van der Waals surface area contributed by atoms with Crippen molar-refractivity contribution in [2.45, 2.75) is 53.9 Å². The van der Waals surface area contributed by atoms with Crippen molar-refractivity contribution in [3.05, 3.63) is 0 Å². The molecule has 8 unspecified atom stereocenters. The summed E-state index contributed by atoms with van der Waals surface area (Å²) in [6.45, 7) is 12.4. The molecule has 0 aromatic heterocycles. The van der Waals surface area contributed by atoms with Gasteiger partial charge in [-0.15, -0.1) is 0 Å². The van der Waals surface area contributed by atoms with Crippen LogP contribution in [0.1, 0.15) is 53.9 Å². The molecule has 3 aliphatic carbocycles. The van der Waals surface area contributed by atoms with E-state index in [-0.39, 0.29) is 0 Å². The van der Waals surface area contributed by atoms with Crippen LogP contribution < -0.4 is 0 Å². The first-order chi connectivity index (χ1) is 8.00. The third kappa shape index (κ3) is 1.62. The molecule has 3 rings (SSSR count). The van der Waals surface area contributed by atoms with Gasteiger partial charge in [0.25, 0.3) is 0 Å². The summed E-state index contributed by atoms with van der Waals surface area (Å²) < 4.78 is 0. The zero-order valence-electron chi connectivity index (χ0n) is 12.3. The topological polar surface area (TPSA) is 0 Å². The van der Waals surface area contributed by atoms with E-state index < -0.39 is 0 Å². The molecule has 0 aromatic rings. The van der Waals surface area contributed by atoms with E-state index >= 15 is 0 Å². The maximum atomic E-state index is 2.58. The van der Waals surface area contributed by atoms with E-state index in [1.165, 1.54) is 6.42 Å². The van der Waals surface area contributed by atoms with E-state index in [9.17, 15) is 0 Å². The van der Waals surface area contributed by atoms with Gasteiger partial charge in [0.2, 0.25) is 0 Å². The van der Waals surface area contributed by atoms with Gasteiger partial charge in [-0.25, -0.2) is 0 Å². The lowest BCUT2D eigenvalue weighted by atomic mass is 9.42. The Kier molecular flexibility index (Phi) is 2.84. The highest BCUT2D eigenvalue weighted by Crippen LogP contribution is 2.63. The molecule has 0 spiro atoms. The molecule has 8 atom stereocenters. The molecule has 0 radical (unpaired) electrons. The summed E-state index contributed by atoms with van der Waals surface area (Å²) in [5, 5.41) is 0. The Morgan fingerprint density at radius 1 is 0.765 bits per heavy atom. The molecule has 0 aromatic carbocycles. The van der Waals surface area contributed by atoms with Gasteiger partial charge in [-0.3, -0.25) is 0 Å². The monoisotopic (exact) mass is 234 g/mol. The highest BCUT2D eigenvalue weighted by molar-refractivity contribution is 5.05. The maximum Gasteiger partial charge on any atom is -0.0329 e. The summed E-state index contributed by atoms with van der Waals surface area (Å²) in [5.41, 5.74) is 0. The SMILES string of the molecule is CC(C)C1CC(C)C1C(C)C1CC2C(C)CC21. The molecule has 0 saturated heterocycles. The van der Waals surface area contributed by atoms with Crippen molar-refractivity contribution in [1.82, 2.24) is 0 Å². The van der Waals surface area contributed by atoms with Crippen LogP contribution in [0.3, 0.4) is 0 Å². The van der Waals surface area contributed by atoms with Crippen molar-refractivity contribution in [3.8, 4) is 0 Å². The smallest absolute Gasteiger partial charge is 0.0329 e. The quantitative estimate of drug-likeness (QED) is 0.655. The molecule has 3 aliphatic rings. The van der Waals surface area contributed by atoms with Gasteiger partial charge in [0.05, 0.1) is 0 Å². The van der Waals surface area contributed by atoms with E-state index in [1.807, 2.05) is 0 Å². The summed E-state index contributed by atoms with van der Waals surface area (Å²) in [6, 6.07) is 0. The minimum Gasteiger partial charge on any atom is -0.0625 e. The van der Waals surface area contributed by atoms with Crippen LogP contribution in [0.4, 0.5) is 0 Å². The van der Waals surface area contributed by atoms with Crippen LogP contribution in [0.5, 0.6) is 0 Å². The Balaban J connectivity index is 1.61. The first-order valence-electron chi connectivity index (χ1n) is 8.00. The van der Waals surface area contributed by atoms with Crippen LogP contribution in [0, 0.1) is 53.3 Å². The lowest BCUT2D eigenvalue weighted by molar-refractivity contribution is -0.139. The van der Waals surface area contributed by atoms with Crippen LogP contribution in [0.15, 0.2) is 0 Å². The largest absolute Gasteiger partial charge is 0.0625 e. The molecule has 0 aliphatic heterocycles. The zero-order chi connectivity index (χ0) is 12.3. The highest BCUT2D eigenvalue weighted by Gasteiger charge is 2.56. The van der Waals surface area contributed by atoms with Gasteiger partial charge in [-0.1, -0.05) is 34.6 Å². The fourth-order valence-electron chi connectivity index (χ4n) is 5.68. The molecule has 0 heteroatoms. The van der Waals surface area contributed by atoms with Crippen LogP contribution in [-0.2, 0) is 0 Å². The Hall–Kier alpha value is 0. The van der Waals surface area contributed by atoms with Crippen molar-refractivity contribution in [3.63, 3.8) is 0 Å². The maximum absolute atomic E-state index is 2.58. The van der Waals surface area contributed by atoms with Crippen molar-refractivity contribution in [1.29, 1.82) is 0 Å². The van der Waals surface area contributed by atoms with Crippen molar-refractivity contribution < 1.29 is 0 Å². The van der Waals surface area contributed by atoms with Gasteiger partial charge in [-0.05, 0) is 72.5 Å². The standard InChI is InChI=1S/C17H30/c1-9(2)13-7-11(4)17(13)12(5)15-8-14-10(3)6-16(14)15/h9-17H,6-8H2,1-5H3. The molecule has 98 valence electrons. The second-order valence-corrected chi connectivity index (χ2v) is 8.00. The lowest BCUT2D eigenvalue weighted by Crippen LogP contribution is -2.56. The van der Waals surface area contributed by atoms with E-state index in [2.05, 4.69) is 34.6 Å². The van der Waals surface area contributed by atoms with Gasteiger partial charge in [-0.2, -0.15) is 0 Å². The predicted molar refractivity (Wildman–Crippen MR) is 73.6 cm³/mol. The Morgan fingerprint density at radius 3 is 1.88 bits per heavy atom. The number of hydrogen-bond acceptors (Lipinski definition) is 0. The van der Waals surface area contributed by atoms with Gasteiger partial charge < -0.3 is 0 Å². The molecule has 0 nitrogen and oxygen atoms in total. The molecule has 0 amide bonds. The average molecular weight is 234 g/mol. The third-order valence-corrected chi connectivity index (χ3v) is 6.95. The van der Waals surface area contributed by atoms with Crippen molar-refractivity contribution in [2.24, 2.45) is 53.3 Å². The van der Waals surface area contributed by atoms with Crippen LogP contribution in [0.25, 0.3) is 0 Å². The first kappa shape index (κ1) is 12.1. The summed E-state index contributed by atoms with van der Waals surface area (Å²) >= 11 is 0. The summed E-state index contributed by atoms with van der Waals surface area (Å²) in [6.07, 6.45) is 4.62. The Labute approximate surface area is 108 Å². The molecule has 17 heavy (non-hydrogen) atoms. The van der Waals surface area contributed by atoms with Crippen molar-refractivity contribution in [2.75, 3.05) is 0 Å². The van der Waals surface area contributed by atoms with E-state index in [4.69, 9.17) is 0 Å². The lowest BCUT2D eigenvalue weighted by Gasteiger charge is -2.63. The normalized spacial score (nSPS) is 54.4. The first-order valence-corrected chi connectivity index (χ1v) is 8.00. The number of rotatable bonds is 3. The Morgan fingerprint density at radius 2 is 1.47 bits per heavy atom. The molecular weight excluding hydrogens is 204 g/mol. The molecule has 0 bridgehead atoms. The molecular formula is C17H30. The highest BCUT2D eigenvalue weighted by atomic mass is 14.6. The van der Waals surface area contributed by atoms with Crippen LogP contribution >= 0.6 is 0 Å². The zero-order valence-corrected chi connectivity index (χ0v) is 12.3.